The molecule has 11 nitrogen and oxygen atoms in total. The number of fused-ring (bicyclic) bond motifs is 1. The molecule has 0 atom stereocenters. The molecule has 0 fully saturated rings. The van der Waals surface area contributed by atoms with Crippen molar-refractivity contribution in [2.45, 2.75) is 26.1 Å². The van der Waals surface area contributed by atoms with Crippen molar-refractivity contribution in [1.29, 1.82) is 5.41 Å². The minimum atomic E-state index is -5.08. The minimum absolute atomic E-state index is 0.0387. The molecule has 0 saturated heterocycles. The number of carbonyl (C=O) groups is 4. The van der Waals surface area contributed by atoms with E-state index in [1.165, 1.54) is 9.80 Å². The van der Waals surface area contributed by atoms with Gasteiger partial charge in [-0.1, -0.05) is 18.2 Å². The van der Waals surface area contributed by atoms with Gasteiger partial charge in [-0.3, -0.25) is 19.8 Å². The molecule has 0 spiro atoms. The number of nitrogens with one attached hydrogen (secondary N) is 1. The molecule has 0 bridgehead atoms. The Hall–Kier alpha value is -4.62. The molecule has 0 radical (unpaired) electrons. The van der Waals surface area contributed by atoms with Crippen molar-refractivity contribution in [3.63, 3.8) is 0 Å². The molecule has 0 saturated carbocycles. The number of carboxylic acid groups (broad SMARTS) is 2. The first-order chi connectivity index (χ1) is 17.7. The zero-order valence-electron chi connectivity index (χ0n) is 20.1. The summed E-state index contributed by atoms with van der Waals surface area (Å²) in [6.45, 7) is 2.16. The van der Waals surface area contributed by atoms with Crippen LogP contribution in [0.25, 0.3) is 0 Å². The number of benzene rings is 2. The van der Waals surface area contributed by atoms with Gasteiger partial charge in [-0.25, -0.2) is 4.79 Å². The number of likely N-dealkylation sites (N-methyl/N-ethyl adjacent to an activating group) is 1. The van der Waals surface area contributed by atoms with Crippen molar-refractivity contribution < 1.29 is 47.3 Å². The highest BCUT2D eigenvalue weighted by Crippen LogP contribution is 2.30. The molecule has 14 heteroatoms. The molecule has 1 aliphatic rings. The highest BCUT2D eigenvalue weighted by atomic mass is 19.4. The second kappa shape index (κ2) is 12.6. The van der Waals surface area contributed by atoms with Gasteiger partial charge in [0.05, 0.1) is 17.7 Å². The van der Waals surface area contributed by atoms with E-state index in [4.69, 9.17) is 30.9 Å². The Morgan fingerprint density at radius 1 is 1.13 bits per heavy atom. The standard InChI is InChI=1S/C22H24N4O5.C2HF3O2/c1-2-26-18-7-6-16(31-13-14-4-3-5-15(10-14)21(23)24)11-17(18)22(30)25(12-19(26)27)9-8-20(28)29;3-2(4,5)1(6)7/h3-7,10-11H,2,8-9,12-13H2,1H3,(H3,23,24)(H,28,29);(H,6,7). The third-order valence-corrected chi connectivity index (χ3v) is 5.20. The Bertz CT molecular complexity index is 1230. The number of rotatable bonds is 8. The van der Waals surface area contributed by atoms with Crippen LogP contribution in [0.5, 0.6) is 5.75 Å². The zero-order valence-corrected chi connectivity index (χ0v) is 20.1. The smallest absolute Gasteiger partial charge is 0.489 e. The predicted molar refractivity (Wildman–Crippen MR) is 128 cm³/mol. The Labute approximate surface area is 214 Å². The lowest BCUT2D eigenvalue weighted by molar-refractivity contribution is -0.192. The summed E-state index contributed by atoms with van der Waals surface area (Å²) >= 11 is 0. The first-order valence-electron chi connectivity index (χ1n) is 11.1. The molecule has 0 aromatic heterocycles. The van der Waals surface area contributed by atoms with E-state index in [0.29, 0.717) is 23.5 Å². The minimum Gasteiger partial charge on any atom is -0.489 e. The summed E-state index contributed by atoms with van der Waals surface area (Å²) in [5.74, 6) is -4.08. The van der Waals surface area contributed by atoms with Crippen LogP contribution in [0.15, 0.2) is 42.5 Å². The molecule has 0 unspecified atom stereocenters. The van der Waals surface area contributed by atoms with Gasteiger partial charge < -0.3 is 30.5 Å². The van der Waals surface area contributed by atoms with Crippen LogP contribution in [0.4, 0.5) is 18.9 Å². The third kappa shape index (κ3) is 7.94. The van der Waals surface area contributed by atoms with Crippen LogP contribution < -0.4 is 15.4 Å². The summed E-state index contributed by atoms with van der Waals surface area (Å²) in [4.78, 5) is 48.3. The lowest BCUT2D eigenvalue weighted by atomic mass is 10.1. The van der Waals surface area contributed by atoms with Gasteiger partial charge in [-0.2, -0.15) is 13.2 Å². The van der Waals surface area contributed by atoms with Crippen LogP contribution in [0.3, 0.4) is 0 Å². The lowest BCUT2D eigenvalue weighted by Gasteiger charge is -2.21. The molecule has 0 aliphatic carbocycles. The van der Waals surface area contributed by atoms with Gasteiger partial charge in [0.2, 0.25) is 5.91 Å². The van der Waals surface area contributed by atoms with Crippen LogP contribution in [-0.4, -0.2) is 70.5 Å². The van der Waals surface area contributed by atoms with E-state index >= 15 is 0 Å². The maximum Gasteiger partial charge on any atom is 0.490 e. The van der Waals surface area contributed by atoms with Crippen LogP contribution in [0.2, 0.25) is 0 Å². The number of nitrogen functional groups attached to an aromatic ring is 1. The van der Waals surface area contributed by atoms with Crippen molar-refractivity contribution in [1.82, 2.24) is 4.90 Å². The largest absolute Gasteiger partial charge is 0.490 e. The zero-order chi connectivity index (χ0) is 28.6. The van der Waals surface area contributed by atoms with E-state index in [2.05, 4.69) is 0 Å². The average molecular weight is 538 g/mol. The first kappa shape index (κ1) is 29.6. The number of hydrogen-bond donors (Lipinski definition) is 4. The number of anilines is 1. The van der Waals surface area contributed by atoms with Gasteiger partial charge in [0.1, 0.15) is 24.7 Å². The molecule has 2 amide bonds. The van der Waals surface area contributed by atoms with Crippen molar-refractivity contribution in [2.24, 2.45) is 5.73 Å². The number of aliphatic carboxylic acids is 2. The normalized spacial score (nSPS) is 13.2. The molecular weight excluding hydrogens is 513 g/mol. The Kier molecular flexibility index (Phi) is 9.79. The Balaban J connectivity index is 0.000000638. The predicted octanol–water partition coefficient (Wildman–Crippen LogP) is 2.47. The summed E-state index contributed by atoms with van der Waals surface area (Å²) in [7, 11) is 0. The van der Waals surface area contributed by atoms with Crippen molar-refractivity contribution in [2.75, 3.05) is 24.5 Å². The molecule has 2 aromatic carbocycles. The summed E-state index contributed by atoms with van der Waals surface area (Å²) in [5, 5.41) is 23.6. The van der Waals surface area contributed by atoms with Gasteiger partial charge in [0.25, 0.3) is 5.91 Å². The molecule has 1 aliphatic heterocycles. The molecule has 3 rings (SSSR count). The number of alkyl halides is 3. The fraction of sp³-hybridized carbons (Fsp3) is 0.292. The van der Waals surface area contributed by atoms with E-state index in [0.717, 1.165) is 5.56 Å². The van der Waals surface area contributed by atoms with Crippen molar-refractivity contribution in [3.05, 3.63) is 59.2 Å². The van der Waals surface area contributed by atoms with Crippen molar-refractivity contribution >= 4 is 35.3 Å². The number of nitrogens with two attached hydrogens (primary N) is 1. The molecule has 2 aromatic rings. The quantitative estimate of drug-likeness (QED) is 0.293. The Morgan fingerprint density at radius 2 is 1.79 bits per heavy atom. The Morgan fingerprint density at radius 3 is 2.34 bits per heavy atom. The highest BCUT2D eigenvalue weighted by molar-refractivity contribution is 6.10. The molecule has 1 heterocycles. The second-order valence-electron chi connectivity index (χ2n) is 7.89. The van der Waals surface area contributed by atoms with Gasteiger partial charge in [0.15, 0.2) is 0 Å². The highest BCUT2D eigenvalue weighted by Gasteiger charge is 2.38. The summed E-state index contributed by atoms with van der Waals surface area (Å²) in [6.07, 6.45) is -5.33. The monoisotopic (exact) mass is 538 g/mol. The maximum absolute atomic E-state index is 13.1. The van der Waals surface area contributed by atoms with E-state index < -0.39 is 24.0 Å². The second-order valence-corrected chi connectivity index (χ2v) is 7.89. The van der Waals surface area contributed by atoms with Crippen LogP contribution in [-0.2, 0) is 21.0 Å². The molecular formula is C24H25F3N4O7. The van der Waals surface area contributed by atoms with E-state index in [-0.39, 0.29) is 43.4 Å². The number of carboxylic acids is 2. The van der Waals surface area contributed by atoms with Crippen LogP contribution in [0, 0.1) is 5.41 Å². The van der Waals surface area contributed by atoms with E-state index in [1.54, 1.807) is 36.4 Å². The van der Waals surface area contributed by atoms with Gasteiger partial charge in [-0.15, -0.1) is 0 Å². The average Bonchev–Trinajstić information content (AvgIpc) is 2.94. The number of halogens is 3. The number of hydrogen-bond acceptors (Lipinski definition) is 6. The maximum atomic E-state index is 13.1. The lowest BCUT2D eigenvalue weighted by Crippen LogP contribution is -2.40. The van der Waals surface area contributed by atoms with Crippen LogP contribution >= 0.6 is 0 Å². The van der Waals surface area contributed by atoms with Crippen molar-refractivity contribution in [3.8, 4) is 5.75 Å². The van der Waals surface area contributed by atoms with Crippen LogP contribution in [0.1, 0.15) is 34.8 Å². The molecule has 204 valence electrons. The SMILES string of the molecule is CCN1C(=O)CN(CCC(=O)O)C(=O)c2cc(OCc3cccc(C(=N)N)c3)ccc21.O=C(O)C(F)(F)F. The number of ether oxygens (including phenoxy) is 1. The first-order valence-corrected chi connectivity index (χ1v) is 11.1. The molecule has 5 N–H and O–H groups in total. The summed E-state index contributed by atoms with van der Waals surface area (Å²) < 4.78 is 37.6. The van der Waals surface area contributed by atoms with Gasteiger partial charge in [-0.05, 0) is 36.8 Å². The molecule has 38 heavy (non-hydrogen) atoms. The van der Waals surface area contributed by atoms with E-state index in [1.807, 2.05) is 13.0 Å². The summed E-state index contributed by atoms with van der Waals surface area (Å²) in [5.41, 5.74) is 7.68. The third-order valence-electron chi connectivity index (χ3n) is 5.20. The fourth-order valence-electron chi connectivity index (χ4n) is 3.39. The summed E-state index contributed by atoms with van der Waals surface area (Å²) in [6, 6.07) is 12.0. The number of amides is 2. The number of nitrogens with zero attached hydrogens (tertiary/aromatic N) is 2. The van der Waals surface area contributed by atoms with Gasteiger partial charge >= 0.3 is 18.1 Å². The topological polar surface area (TPSA) is 174 Å². The number of amidine groups is 1. The van der Waals surface area contributed by atoms with Gasteiger partial charge in [0, 0.05) is 18.7 Å². The fourth-order valence-corrected chi connectivity index (χ4v) is 3.39. The van der Waals surface area contributed by atoms with E-state index in [9.17, 15) is 27.6 Å². The number of carbonyl (C=O) groups excluding carboxylic acids is 2.